The second-order valence-electron chi connectivity index (χ2n) is 4.32. The first-order valence-corrected chi connectivity index (χ1v) is 7.24. The third-order valence-corrected chi connectivity index (χ3v) is 3.80. The zero-order valence-corrected chi connectivity index (χ0v) is 11.7. The lowest BCUT2D eigenvalue weighted by molar-refractivity contribution is 0.418. The Bertz CT molecular complexity index is 744. The number of aromatic hydroxyl groups is 2. The van der Waals surface area contributed by atoms with Crippen molar-refractivity contribution in [3.63, 3.8) is 0 Å². The van der Waals surface area contributed by atoms with E-state index in [0.29, 0.717) is 17.1 Å². The second kappa shape index (κ2) is 5.88. The van der Waals surface area contributed by atoms with E-state index < -0.39 is 0 Å². The van der Waals surface area contributed by atoms with Gasteiger partial charge in [0.25, 0.3) is 5.89 Å². The average molecular weight is 300 g/mol. The van der Waals surface area contributed by atoms with Crippen LogP contribution in [0.3, 0.4) is 0 Å². The lowest BCUT2D eigenvalue weighted by Gasteiger charge is -1.99. The van der Waals surface area contributed by atoms with Crippen molar-refractivity contribution in [2.45, 2.75) is 10.6 Å². The van der Waals surface area contributed by atoms with E-state index in [1.807, 2.05) is 30.3 Å². The average Bonchev–Trinajstić information content (AvgIpc) is 2.95. The monoisotopic (exact) mass is 300 g/mol. The largest absolute Gasteiger partial charge is 0.508 e. The minimum atomic E-state index is -0.0964. The first kappa shape index (κ1) is 13.5. The topological polar surface area (TPSA) is 79.4 Å². The van der Waals surface area contributed by atoms with Crippen molar-refractivity contribution in [2.24, 2.45) is 0 Å². The summed E-state index contributed by atoms with van der Waals surface area (Å²) in [6, 6.07) is 14.2. The SMILES string of the molecule is Oc1ccc(-c2nc(CSc3ccccc3)no2)c(O)c1. The van der Waals surface area contributed by atoms with E-state index in [-0.39, 0.29) is 17.4 Å². The van der Waals surface area contributed by atoms with E-state index >= 15 is 0 Å². The first-order valence-electron chi connectivity index (χ1n) is 6.25. The number of phenols is 2. The zero-order chi connectivity index (χ0) is 14.7. The van der Waals surface area contributed by atoms with Crippen molar-refractivity contribution < 1.29 is 14.7 Å². The third-order valence-electron chi connectivity index (χ3n) is 2.79. The van der Waals surface area contributed by atoms with Crippen LogP contribution in [0.4, 0.5) is 0 Å². The van der Waals surface area contributed by atoms with Crippen molar-refractivity contribution in [1.82, 2.24) is 10.1 Å². The molecule has 0 fully saturated rings. The van der Waals surface area contributed by atoms with E-state index in [9.17, 15) is 10.2 Å². The summed E-state index contributed by atoms with van der Waals surface area (Å²) < 4.78 is 5.14. The first-order chi connectivity index (χ1) is 10.2. The molecule has 1 heterocycles. The molecule has 0 spiro atoms. The molecule has 0 amide bonds. The molecule has 0 saturated carbocycles. The Balaban J connectivity index is 1.74. The lowest BCUT2D eigenvalue weighted by atomic mass is 10.2. The van der Waals surface area contributed by atoms with Crippen molar-refractivity contribution in [2.75, 3.05) is 0 Å². The molecule has 3 aromatic rings. The van der Waals surface area contributed by atoms with Crippen LogP contribution in [0.2, 0.25) is 0 Å². The highest BCUT2D eigenvalue weighted by molar-refractivity contribution is 7.98. The fraction of sp³-hybridized carbons (Fsp3) is 0.0667. The fourth-order valence-corrected chi connectivity index (χ4v) is 2.55. The summed E-state index contributed by atoms with van der Waals surface area (Å²) >= 11 is 1.60. The van der Waals surface area contributed by atoms with Gasteiger partial charge in [-0.05, 0) is 24.3 Å². The summed E-state index contributed by atoms with van der Waals surface area (Å²) in [7, 11) is 0. The van der Waals surface area contributed by atoms with Crippen molar-refractivity contribution in [3.8, 4) is 23.0 Å². The van der Waals surface area contributed by atoms with E-state index in [2.05, 4.69) is 10.1 Å². The molecule has 2 N–H and O–H groups in total. The maximum atomic E-state index is 9.77. The van der Waals surface area contributed by atoms with Crippen LogP contribution in [0.5, 0.6) is 11.5 Å². The molecular weight excluding hydrogens is 288 g/mol. The minimum Gasteiger partial charge on any atom is -0.508 e. The van der Waals surface area contributed by atoms with Gasteiger partial charge in [0.2, 0.25) is 0 Å². The molecule has 0 radical (unpaired) electrons. The number of thioether (sulfide) groups is 1. The van der Waals surface area contributed by atoms with Gasteiger partial charge in [-0.25, -0.2) is 0 Å². The molecule has 106 valence electrons. The minimum absolute atomic E-state index is 0.0179. The van der Waals surface area contributed by atoms with Crippen molar-refractivity contribution >= 4 is 11.8 Å². The van der Waals surface area contributed by atoms with Crippen LogP contribution >= 0.6 is 11.8 Å². The van der Waals surface area contributed by atoms with Gasteiger partial charge in [0, 0.05) is 11.0 Å². The molecule has 0 aliphatic carbocycles. The maximum Gasteiger partial charge on any atom is 0.261 e. The van der Waals surface area contributed by atoms with Crippen LogP contribution in [0.15, 0.2) is 57.9 Å². The quantitative estimate of drug-likeness (QED) is 0.718. The molecule has 0 unspecified atom stereocenters. The summed E-state index contributed by atoms with van der Waals surface area (Å²) in [5, 5.41) is 22.9. The number of aromatic nitrogens is 2. The van der Waals surface area contributed by atoms with Gasteiger partial charge in [-0.3, -0.25) is 0 Å². The number of hydrogen-bond donors (Lipinski definition) is 2. The van der Waals surface area contributed by atoms with Crippen molar-refractivity contribution in [3.05, 3.63) is 54.4 Å². The molecule has 2 aromatic carbocycles. The molecule has 6 heteroatoms. The highest BCUT2D eigenvalue weighted by Crippen LogP contribution is 2.31. The number of rotatable bonds is 4. The highest BCUT2D eigenvalue weighted by Gasteiger charge is 2.13. The van der Waals surface area contributed by atoms with Gasteiger partial charge in [0.15, 0.2) is 5.82 Å². The fourth-order valence-electron chi connectivity index (χ4n) is 1.79. The smallest absolute Gasteiger partial charge is 0.261 e. The van der Waals surface area contributed by atoms with Gasteiger partial charge in [0.1, 0.15) is 11.5 Å². The zero-order valence-electron chi connectivity index (χ0n) is 10.9. The van der Waals surface area contributed by atoms with Crippen LogP contribution in [0.25, 0.3) is 11.5 Å². The van der Waals surface area contributed by atoms with Crippen molar-refractivity contribution in [1.29, 1.82) is 0 Å². The van der Waals surface area contributed by atoms with Crippen LogP contribution in [0.1, 0.15) is 5.82 Å². The Morgan fingerprint density at radius 2 is 1.86 bits per heavy atom. The number of phenolic OH excluding ortho intramolecular Hbond substituents is 2. The van der Waals surface area contributed by atoms with Crippen LogP contribution in [-0.4, -0.2) is 20.4 Å². The van der Waals surface area contributed by atoms with Crippen LogP contribution < -0.4 is 0 Å². The van der Waals surface area contributed by atoms with Crippen LogP contribution in [-0.2, 0) is 5.75 Å². The standard InChI is InChI=1S/C15H12N2O3S/c18-10-6-7-12(13(19)8-10)15-16-14(17-20-15)9-21-11-4-2-1-3-5-11/h1-8,18-19H,9H2. The second-order valence-corrected chi connectivity index (χ2v) is 5.37. The van der Waals surface area contributed by atoms with Gasteiger partial charge in [-0.1, -0.05) is 23.4 Å². The lowest BCUT2D eigenvalue weighted by Crippen LogP contribution is -1.84. The highest BCUT2D eigenvalue weighted by atomic mass is 32.2. The Labute approximate surface area is 125 Å². The van der Waals surface area contributed by atoms with Crippen LogP contribution in [0, 0.1) is 0 Å². The molecule has 0 bridgehead atoms. The normalized spacial score (nSPS) is 10.7. The van der Waals surface area contributed by atoms with Gasteiger partial charge in [0.05, 0.1) is 11.3 Å². The molecule has 0 saturated heterocycles. The maximum absolute atomic E-state index is 9.77. The number of hydrogen-bond acceptors (Lipinski definition) is 6. The molecule has 0 atom stereocenters. The molecule has 21 heavy (non-hydrogen) atoms. The van der Waals surface area contributed by atoms with E-state index in [1.54, 1.807) is 11.8 Å². The molecule has 3 rings (SSSR count). The van der Waals surface area contributed by atoms with E-state index in [4.69, 9.17) is 4.52 Å². The predicted molar refractivity (Wildman–Crippen MR) is 79.1 cm³/mol. The predicted octanol–water partition coefficient (Wildman–Crippen LogP) is 3.44. The summed E-state index contributed by atoms with van der Waals surface area (Å²) in [5.41, 5.74) is 0.399. The summed E-state index contributed by atoms with van der Waals surface area (Å²) in [5.74, 6) is 1.24. The molecule has 0 aliphatic heterocycles. The molecular formula is C15H12N2O3S. The third kappa shape index (κ3) is 3.17. The Morgan fingerprint density at radius 3 is 2.62 bits per heavy atom. The summed E-state index contributed by atoms with van der Waals surface area (Å²) in [6.45, 7) is 0. The van der Waals surface area contributed by atoms with E-state index in [1.165, 1.54) is 18.2 Å². The molecule has 0 aliphatic rings. The summed E-state index contributed by atoms with van der Waals surface area (Å²) in [4.78, 5) is 5.37. The molecule has 5 nitrogen and oxygen atoms in total. The van der Waals surface area contributed by atoms with Gasteiger partial charge >= 0.3 is 0 Å². The number of benzene rings is 2. The summed E-state index contributed by atoms with van der Waals surface area (Å²) in [6.07, 6.45) is 0. The Morgan fingerprint density at radius 1 is 1.05 bits per heavy atom. The Kier molecular flexibility index (Phi) is 3.79. The molecule has 1 aromatic heterocycles. The van der Waals surface area contributed by atoms with Gasteiger partial charge < -0.3 is 14.7 Å². The Hall–Kier alpha value is -2.47. The van der Waals surface area contributed by atoms with Gasteiger partial charge in [-0.2, -0.15) is 4.98 Å². The number of nitrogens with zero attached hydrogens (tertiary/aromatic N) is 2. The van der Waals surface area contributed by atoms with E-state index in [0.717, 1.165) is 4.90 Å². The van der Waals surface area contributed by atoms with Gasteiger partial charge in [-0.15, -0.1) is 11.8 Å².